The van der Waals surface area contributed by atoms with Crippen LogP contribution in [-0.2, 0) is 0 Å². The molecular formula is C27H27ClF2N5O2S+. The van der Waals surface area contributed by atoms with Crippen LogP contribution in [0.4, 0.5) is 20.2 Å². The van der Waals surface area contributed by atoms with Gasteiger partial charge in [-0.25, -0.2) is 8.78 Å². The lowest BCUT2D eigenvalue weighted by Crippen LogP contribution is -2.42. The number of thiol groups is 1. The normalized spacial score (nSPS) is 16.2. The number of nitrogens with one attached hydrogen (secondary N) is 1. The highest BCUT2D eigenvalue weighted by molar-refractivity contribution is 7.79. The van der Waals surface area contributed by atoms with E-state index in [9.17, 15) is 5.21 Å². The Hall–Kier alpha value is -3.44. The van der Waals surface area contributed by atoms with Gasteiger partial charge in [0.25, 0.3) is 0 Å². The molecule has 3 heterocycles. The van der Waals surface area contributed by atoms with Crippen LogP contribution in [0.5, 0.6) is 0 Å². The van der Waals surface area contributed by atoms with E-state index < -0.39 is 15.8 Å². The molecule has 0 fully saturated rings. The van der Waals surface area contributed by atoms with Gasteiger partial charge in [-0.15, -0.1) is 0 Å². The van der Waals surface area contributed by atoms with Gasteiger partial charge in [0, 0.05) is 46.0 Å². The van der Waals surface area contributed by atoms with Crippen LogP contribution in [0.2, 0.25) is 5.02 Å². The van der Waals surface area contributed by atoms with Gasteiger partial charge in [0.05, 0.1) is 22.5 Å². The number of aromatic nitrogens is 2. The van der Waals surface area contributed by atoms with E-state index in [2.05, 4.69) is 41.9 Å². The van der Waals surface area contributed by atoms with E-state index in [0.717, 1.165) is 36.6 Å². The minimum absolute atomic E-state index is 0.169. The number of hydrogen-bond acceptors (Lipinski definition) is 7. The van der Waals surface area contributed by atoms with Gasteiger partial charge in [-0.05, 0) is 38.0 Å². The van der Waals surface area contributed by atoms with Crippen molar-refractivity contribution in [3.05, 3.63) is 107 Å². The molecule has 1 aliphatic heterocycles. The summed E-state index contributed by atoms with van der Waals surface area (Å²) in [6, 6.07) is 5.50. The van der Waals surface area contributed by atoms with Crippen LogP contribution in [-0.4, -0.2) is 20.2 Å². The van der Waals surface area contributed by atoms with Crippen molar-refractivity contribution in [2.75, 3.05) is 5.43 Å². The van der Waals surface area contributed by atoms with Gasteiger partial charge in [0.1, 0.15) is 30.0 Å². The van der Waals surface area contributed by atoms with Gasteiger partial charge in [-0.3, -0.25) is 4.98 Å². The first-order valence-electron chi connectivity index (χ1n) is 11.8. The van der Waals surface area contributed by atoms with Gasteiger partial charge in [-0.2, -0.15) is 10.6 Å². The zero-order chi connectivity index (χ0) is 27.4. The Morgan fingerprint density at radius 1 is 1.32 bits per heavy atom. The highest BCUT2D eigenvalue weighted by Crippen LogP contribution is 2.37. The number of unbranched alkanes of at least 4 members (excludes halogenated alkanes) is 1. The van der Waals surface area contributed by atoms with Crippen LogP contribution in [0.3, 0.4) is 0 Å². The molecule has 1 atom stereocenters. The predicted octanol–water partition coefficient (Wildman–Crippen LogP) is 7.84. The first-order chi connectivity index (χ1) is 18.2. The summed E-state index contributed by atoms with van der Waals surface area (Å²) in [6.07, 6.45) is 12.1. The first-order valence-corrected chi connectivity index (χ1v) is 12.6. The van der Waals surface area contributed by atoms with Gasteiger partial charge in [-0.1, -0.05) is 42.8 Å². The van der Waals surface area contributed by atoms with Crippen LogP contribution in [0.25, 0.3) is 11.1 Å². The Labute approximate surface area is 230 Å². The summed E-state index contributed by atoms with van der Waals surface area (Å²) in [6.45, 7) is 7.60. The fourth-order valence-corrected chi connectivity index (χ4v) is 4.58. The fourth-order valence-electron chi connectivity index (χ4n) is 4.12. The van der Waals surface area contributed by atoms with Crippen molar-refractivity contribution in [2.24, 2.45) is 0 Å². The minimum Gasteiger partial charge on any atom is -0.357 e. The third kappa shape index (κ3) is 5.68. The first kappa shape index (κ1) is 27.6. The third-order valence-corrected chi connectivity index (χ3v) is 6.54. The Kier molecular flexibility index (Phi) is 8.37. The molecule has 1 aliphatic rings. The number of halogens is 3. The molecule has 1 aromatic carbocycles. The van der Waals surface area contributed by atoms with E-state index in [0.29, 0.717) is 11.5 Å². The molecule has 2 N–H and O–H groups in total. The molecular weight excluding hydrogens is 532 g/mol. The van der Waals surface area contributed by atoms with E-state index in [-0.39, 0.29) is 27.5 Å². The molecule has 0 aliphatic carbocycles. The molecule has 0 saturated heterocycles. The minimum atomic E-state index is -1.26. The maximum Gasteiger partial charge on any atom is 0.226 e. The summed E-state index contributed by atoms with van der Waals surface area (Å²) in [5, 5.41) is 15.0. The summed E-state index contributed by atoms with van der Waals surface area (Å²) < 4.78 is 34.9. The highest BCUT2D eigenvalue weighted by Gasteiger charge is 2.32. The van der Waals surface area contributed by atoms with Crippen molar-refractivity contribution < 1.29 is 18.5 Å². The van der Waals surface area contributed by atoms with Crippen molar-refractivity contribution in [1.82, 2.24) is 19.2 Å². The quantitative estimate of drug-likeness (QED) is 0.141. The monoisotopic (exact) mass is 558 g/mol. The van der Waals surface area contributed by atoms with E-state index >= 15 is 8.78 Å². The number of allylic oxidation sites excluding steroid dienone is 4. The van der Waals surface area contributed by atoms with Crippen LogP contribution in [0, 0.1) is 18.6 Å². The number of quaternary nitrogens is 1. The zero-order valence-electron chi connectivity index (χ0n) is 20.8. The molecule has 198 valence electrons. The Morgan fingerprint density at radius 3 is 2.79 bits per heavy atom. The molecule has 2 aromatic heterocycles. The molecule has 0 bridgehead atoms. The van der Waals surface area contributed by atoms with Crippen LogP contribution < -0.4 is 9.59 Å². The molecule has 0 saturated carbocycles. The SMILES string of the molecule is C=CN1C=C(c2c(F)ccc(N[N+](O)(S)c3cc(Cl)cnc3C)c2F)C=C/C1=C(/CCCC)c1ccno1. The van der Waals surface area contributed by atoms with Crippen molar-refractivity contribution in [3.63, 3.8) is 0 Å². The zero-order valence-corrected chi connectivity index (χ0v) is 22.5. The molecule has 0 amide bonds. The summed E-state index contributed by atoms with van der Waals surface area (Å²) >= 11 is 10.2. The van der Waals surface area contributed by atoms with Crippen LogP contribution in [0.15, 0.2) is 78.0 Å². The average Bonchev–Trinajstić information content (AvgIpc) is 3.42. The second-order valence-electron chi connectivity index (χ2n) is 8.61. The Balaban J connectivity index is 1.73. The Bertz CT molecular complexity index is 1440. The smallest absolute Gasteiger partial charge is 0.226 e. The third-order valence-electron chi connectivity index (χ3n) is 6.02. The summed E-state index contributed by atoms with van der Waals surface area (Å²) in [7, 11) is 0. The van der Waals surface area contributed by atoms with Gasteiger partial charge >= 0.3 is 0 Å². The van der Waals surface area contributed by atoms with Crippen molar-refractivity contribution in [3.8, 4) is 0 Å². The fraction of sp³-hybridized carbons (Fsp3) is 0.185. The second kappa shape index (κ2) is 11.5. The summed E-state index contributed by atoms with van der Waals surface area (Å²) in [5.41, 5.74) is 4.59. The van der Waals surface area contributed by atoms with Crippen LogP contribution >= 0.6 is 24.4 Å². The van der Waals surface area contributed by atoms with E-state index in [1.807, 2.05) is 0 Å². The maximum absolute atomic E-state index is 15.8. The molecule has 0 spiro atoms. The molecule has 7 nitrogen and oxygen atoms in total. The van der Waals surface area contributed by atoms with Crippen LogP contribution in [0.1, 0.15) is 43.2 Å². The van der Waals surface area contributed by atoms with Crippen molar-refractivity contribution in [1.29, 1.82) is 0 Å². The van der Waals surface area contributed by atoms with Gasteiger partial charge in [0.2, 0.25) is 5.69 Å². The topological polar surface area (TPSA) is 74.4 Å². The average molecular weight is 559 g/mol. The molecule has 11 heteroatoms. The largest absolute Gasteiger partial charge is 0.357 e. The molecule has 1 unspecified atom stereocenters. The predicted molar refractivity (Wildman–Crippen MR) is 149 cm³/mol. The van der Waals surface area contributed by atoms with Gasteiger partial charge in [0.15, 0.2) is 11.6 Å². The number of pyridine rings is 1. The standard InChI is InChI=1S/C27H27ClF2N5O2S/c1-4-6-7-20(25-12-13-32-37-25)23-11-8-18(16-34(23)5-2)26-21(29)9-10-22(27(26)30)33-35(36,38)24-14-19(28)15-31-17(24)3/h5,8-16,33,36,38H,2,4,6-7H2,1,3H3/q+1/b23-20+. The molecule has 3 aromatic rings. The van der Waals surface area contributed by atoms with Gasteiger partial charge < -0.3 is 9.42 Å². The second-order valence-corrected chi connectivity index (χ2v) is 9.62. The number of nitrogens with zero attached hydrogens (tertiary/aromatic N) is 4. The van der Waals surface area contributed by atoms with Crippen molar-refractivity contribution >= 4 is 46.9 Å². The van der Waals surface area contributed by atoms with Crippen molar-refractivity contribution in [2.45, 2.75) is 33.1 Å². The number of hydrogen-bond donors (Lipinski definition) is 3. The number of aryl methyl sites for hydroxylation is 1. The molecule has 38 heavy (non-hydrogen) atoms. The molecule has 4 rings (SSSR count). The number of rotatable bonds is 9. The lowest BCUT2D eigenvalue weighted by molar-refractivity contribution is 0.0513. The van der Waals surface area contributed by atoms with E-state index in [4.69, 9.17) is 16.1 Å². The lowest BCUT2D eigenvalue weighted by Gasteiger charge is -2.26. The van der Waals surface area contributed by atoms with E-state index in [1.165, 1.54) is 18.3 Å². The lowest BCUT2D eigenvalue weighted by atomic mass is 9.97. The number of benzene rings is 1. The Morgan fingerprint density at radius 2 is 2.11 bits per heavy atom. The maximum atomic E-state index is 15.8. The molecule has 0 radical (unpaired) electrons. The summed E-state index contributed by atoms with van der Waals surface area (Å²) in [4.78, 5) is 5.78. The number of anilines is 1. The van der Waals surface area contributed by atoms with E-state index in [1.54, 1.807) is 48.6 Å². The summed E-state index contributed by atoms with van der Waals surface area (Å²) in [5.74, 6) is -1.09. The highest BCUT2D eigenvalue weighted by atomic mass is 35.5.